The normalized spacial score (nSPS) is 16.2. The van der Waals surface area contributed by atoms with Gasteiger partial charge in [0.25, 0.3) is 5.91 Å². The Labute approximate surface area is 188 Å². The van der Waals surface area contributed by atoms with Gasteiger partial charge in [0.05, 0.1) is 23.9 Å². The molecule has 0 atom stereocenters. The van der Waals surface area contributed by atoms with Crippen LogP contribution >= 0.6 is 0 Å². The van der Waals surface area contributed by atoms with E-state index in [4.69, 9.17) is 20.1 Å². The molecular formula is C22H24F3N5O3. The Morgan fingerprint density at radius 3 is 2.45 bits per heavy atom. The first-order valence-corrected chi connectivity index (χ1v) is 10.5. The van der Waals surface area contributed by atoms with E-state index < -0.39 is 12.1 Å². The summed E-state index contributed by atoms with van der Waals surface area (Å²) < 4.78 is 33.9. The van der Waals surface area contributed by atoms with E-state index >= 15 is 0 Å². The number of imidazole rings is 1. The van der Waals surface area contributed by atoms with Crippen LogP contribution in [-0.2, 0) is 24.4 Å². The number of aromatic nitrogens is 2. The Morgan fingerprint density at radius 1 is 1.12 bits per heavy atom. The molecule has 0 spiro atoms. The van der Waals surface area contributed by atoms with Crippen LogP contribution in [0.25, 0.3) is 0 Å². The third kappa shape index (κ3) is 6.55. The molecule has 0 radical (unpaired) electrons. The summed E-state index contributed by atoms with van der Waals surface area (Å²) >= 11 is 0. The average Bonchev–Trinajstić information content (AvgIpc) is 3.20. The van der Waals surface area contributed by atoms with E-state index in [2.05, 4.69) is 21.7 Å². The van der Waals surface area contributed by atoms with Crippen molar-refractivity contribution in [1.29, 1.82) is 5.26 Å². The number of hydrogen-bond donors (Lipinski definition) is 1. The van der Waals surface area contributed by atoms with E-state index in [1.807, 2.05) is 4.90 Å². The average molecular weight is 463 g/mol. The molecule has 8 nitrogen and oxygen atoms in total. The van der Waals surface area contributed by atoms with Crippen molar-refractivity contribution in [2.45, 2.75) is 45.1 Å². The van der Waals surface area contributed by atoms with Gasteiger partial charge >= 0.3 is 12.1 Å². The molecule has 3 heterocycles. The Bertz CT molecular complexity index is 1040. The fraction of sp³-hybridized carbons (Fsp3) is 0.455. The highest BCUT2D eigenvalue weighted by atomic mass is 19.4. The number of carbonyl (C=O) groups is 2. The molecule has 1 aromatic carbocycles. The molecule has 1 amide bonds. The summed E-state index contributed by atoms with van der Waals surface area (Å²) in [6.45, 7) is 5.17. The van der Waals surface area contributed by atoms with Gasteiger partial charge in [0.1, 0.15) is 5.82 Å². The summed E-state index contributed by atoms with van der Waals surface area (Å²) in [5.74, 6) is -1.84. The second-order valence-electron chi connectivity index (χ2n) is 7.90. The summed E-state index contributed by atoms with van der Waals surface area (Å²) in [7, 11) is 0. The number of carbonyl (C=O) groups excluding carboxylic acids is 1. The van der Waals surface area contributed by atoms with E-state index in [0.717, 1.165) is 37.7 Å². The van der Waals surface area contributed by atoms with Crippen LogP contribution < -0.4 is 0 Å². The number of nitrogens with zero attached hydrogens (tertiary/aromatic N) is 5. The van der Waals surface area contributed by atoms with Crippen molar-refractivity contribution in [3.63, 3.8) is 0 Å². The van der Waals surface area contributed by atoms with E-state index in [1.54, 1.807) is 24.3 Å². The van der Waals surface area contributed by atoms with Crippen molar-refractivity contribution in [2.24, 2.45) is 0 Å². The first-order chi connectivity index (χ1) is 15.7. The second-order valence-corrected chi connectivity index (χ2v) is 7.90. The number of rotatable bonds is 3. The minimum Gasteiger partial charge on any atom is -0.475 e. The molecule has 4 rings (SSSR count). The zero-order valence-electron chi connectivity index (χ0n) is 17.9. The van der Waals surface area contributed by atoms with Gasteiger partial charge in [-0.2, -0.15) is 18.4 Å². The minimum atomic E-state index is -5.08. The van der Waals surface area contributed by atoms with Gasteiger partial charge in [-0.15, -0.1) is 0 Å². The SMILES string of the molecule is N#Cc1cccc(C(=O)N2CCn3cc(CN4CCCCC4)nc3C2)c1.O=C(O)C(F)(F)F. The summed E-state index contributed by atoms with van der Waals surface area (Å²) in [4.78, 5) is 30.7. The van der Waals surface area contributed by atoms with Crippen LogP contribution in [0, 0.1) is 11.3 Å². The number of benzene rings is 1. The summed E-state index contributed by atoms with van der Waals surface area (Å²) in [6.07, 6.45) is 0.942. The van der Waals surface area contributed by atoms with Crippen molar-refractivity contribution in [3.8, 4) is 6.07 Å². The highest BCUT2D eigenvalue weighted by Gasteiger charge is 2.38. The van der Waals surface area contributed by atoms with Gasteiger partial charge < -0.3 is 14.6 Å². The van der Waals surface area contributed by atoms with Gasteiger partial charge in [0.2, 0.25) is 0 Å². The Hall–Kier alpha value is -3.39. The molecule has 1 saturated heterocycles. The second kappa shape index (κ2) is 10.5. The highest BCUT2D eigenvalue weighted by molar-refractivity contribution is 5.94. The number of carboxylic acids is 1. The number of hydrogen-bond acceptors (Lipinski definition) is 5. The topological polar surface area (TPSA) is 102 Å². The molecular weight excluding hydrogens is 439 g/mol. The first-order valence-electron chi connectivity index (χ1n) is 10.5. The number of nitriles is 1. The molecule has 0 saturated carbocycles. The van der Waals surface area contributed by atoms with Crippen LogP contribution in [0.5, 0.6) is 0 Å². The maximum atomic E-state index is 12.8. The third-order valence-electron chi connectivity index (χ3n) is 5.45. The molecule has 0 bridgehead atoms. The number of amides is 1. The van der Waals surface area contributed by atoms with E-state index in [-0.39, 0.29) is 5.91 Å². The number of likely N-dealkylation sites (tertiary alicyclic amines) is 1. The zero-order chi connectivity index (χ0) is 24.0. The standard InChI is InChI=1S/C20H23N5O.C2HF3O2/c21-12-16-5-4-6-17(11-16)20(26)25-10-9-24-14-18(22-19(24)15-25)13-23-7-2-1-3-8-23;3-2(4,5)1(6)7/h4-6,11,14H,1-3,7-10,13,15H2;(H,6,7). The molecule has 1 N–H and O–H groups in total. The van der Waals surface area contributed by atoms with Gasteiger partial charge in [-0.1, -0.05) is 12.5 Å². The number of fused-ring (bicyclic) bond motifs is 1. The lowest BCUT2D eigenvalue weighted by atomic mass is 10.1. The van der Waals surface area contributed by atoms with Gasteiger partial charge in [0.15, 0.2) is 0 Å². The molecule has 2 aromatic rings. The Morgan fingerprint density at radius 2 is 1.82 bits per heavy atom. The predicted octanol–water partition coefficient (Wildman–Crippen LogP) is 3.03. The molecule has 33 heavy (non-hydrogen) atoms. The first kappa shape index (κ1) is 24.3. The Balaban J connectivity index is 0.000000383. The molecule has 176 valence electrons. The van der Waals surface area contributed by atoms with Crippen molar-refractivity contribution in [1.82, 2.24) is 19.4 Å². The summed E-state index contributed by atoms with van der Waals surface area (Å²) in [5, 5.41) is 16.2. The van der Waals surface area contributed by atoms with E-state index in [9.17, 15) is 18.0 Å². The Kier molecular flexibility index (Phi) is 7.71. The predicted molar refractivity (Wildman–Crippen MR) is 111 cm³/mol. The molecule has 11 heteroatoms. The molecule has 2 aliphatic rings. The van der Waals surface area contributed by atoms with Crippen molar-refractivity contribution < 1.29 is 27.9 Å². The van der Waals surface area contributed by atoms with Crippen LogP contribution in [0.15, 0.2) is 30.5 Å². The fourth-order valence-electron chi connectivity index (χ4n) is 3.81. The smallest absolute Gasteiger partial charge is 0.475 e. The van der Waals surface area contributed by atoms with Crippen molar-refractivity contribution in [3.05, 3.63) is 53.1 Å². The number of piperidine rings is 1. The van der Waals surface area contributed by atoms with Crippen LogP contribution in [-0.4, -0.2) is 62.1 Å². The van der Waals surface area contributed by atoms with E-state index in [1.165, 1.54) is 19.3 Å². The van der Waals surface area contributed by atoms with Crippen molar-refractivity contribution >= 4 is 11.9 Å². The van der Waals surface area contributed by atoms with Crippen LogP contribution in [0.1, 0.15) is 46.7 Å². The molecule has 0 unspecified atom stereocenters. The van der Waals surface area contributed by atoms with Crippen molar-refractivity contribution in [2.75, 3.05) is 19.6 Å². The molecule has 0 aliphatic carbocycles. The van der Waals surface area contributed by atoms with Gasteiger partial charge in [0, 0.05) is 31.4 Å². The lowest BCUT2D eigenvalue weighted by Crippen LogP contribution is -2.38. The minimum absolute atomic E-state index is 0.0334. The van der Waals surface area contributed by atoms with Gasteiger partial charge in [-0.05, 0) is 44.1 Å². The lowest BCUT2D eigenvalue weighted by molar-refractivity contribution is -0.192. The fourth-order valence-corrected chi connectivity index (χ4v) is 3.81. The maximum absolute atomic E-state index is 12.8. The number of halogens is 3. The highest BCUT2D eigenvalue weighted by Crippen LogP contribution is 2.18. The number of carboxylic acid groups (broad SMARTS) is 1. The van der Waals surface area contributed by atoms with Gasteiger partial charge in [-0.25, -0.2) is 9.78 Å². The van der Waals surface area contributed by atoms with Crippen LogP contribution in [0.4, 0.5) is 13.2 Å². The summed E-state index contributed by atoms with van der Waals surface area (Å²) in [6, 6.07) is 8.99. The lowest BCUT2D eigenvalue weighted by Gasteiger charge is -2.27. The zero-order valence-corrected chi connectivity index (χ0v) is 17.9. The van der Waals surface area contributed by atoms with Crippen LogP contribution in [0.2, 0.25) is 0 Å². The molecule has 1 aromatic heterocycles. The molecule has 1 fully saturated rings. The molecule has 2 aliphatic heterocycles. The van der Waals surface area contributed by atoms with E-state index in [0.29, 0.717) is 24.2 Å². The maximum Gasteiger partial charge on any atom is 0.490 e. The quantitative estimate of drug-likeness (QED) is 0.751. The monoisotopic (exact) mass is 463 g/mol. The van der Waals surface area contributed by atoms with Crippen LogP contribution in [0.3, 0.4) is 0 Å². The largest absolute Gasteiger partial charge is 0.490 e. The number of aliphatic carboxylic acids is 1. The third-order valence-corrected chi connectivity index (χ3v) is 5.45. The summed E-state index contributed by atoms with van der Waals surface area (Å²) in [5.41, 5.74) is 2.18. The number of alkyl halides is 3. The van der Waals surface area contributed by atoms with Gasteiger partial charge in [-0.3, -0.25) is 9.69 Å².